The maximum absolute atomic E-state index is 10.5. The molecule has 0 amide bonds. The lowest BCUT2D eigenvalue weighted by atomic mass is 10.0. The van der Waals surface area contributed by atoms with Crippen LogP contribution in [0, 0.1) is 0 Å². The second-order valence-corrected chi connectivity index (χ2v) is 6.64. The minimum absolute atomic E-state index is 0.666. The molecule has 1 atom stereocenters. The summed E-state index contributed by atoms with van der Waals surface area (Å²) in [6.45, 7) is 0. The summed E-state index contributed by atoms with van der Waals surface area (Å²) in [4.78, 5) is 0.840. The topological polar surface area (TPSA) is 33.4 Å². The van der Waals surface area contributed by atoms with Gasteiger partial charge in [0.05, 0.1) is 4.34 Å². The van der Waals surface area contributed by atoms with E-state index in [1.165, 1.54) is 11.3 Å². The summed E-state index contributed by atoms with van der Waals surface area (Å²) in [6, 6.07) is 17.4. The molecule has 0 saturated heterocycles. The highest BCUT2D eigenvalue weighted by Crippen LogP contribution is 2.34. The first-order valence-electron chi connectivity index (χ1n) is 6.57. The van der Waals surface area contributed by atoms with Gasteiger partial charge in [0.25, 0.3) is 0 Å². The third-order valence-electron chi connectivity index (χ3n) is 3.58. The zero-order chi connectivity index (χ0) is 14.4. The van der Waals surface area contributed by atoms with Crippen molar-refractivity contribution in [2.45, 2.75) is 6.10 Å². The zero-order valence-electron chi connectivity index (χ0n) is 10.9. The Kier molecular flexibility index (Phi) is 3.00. The van der Waals surface area contributed by atoms with Gasteiger partial charge < -0.3 is 9.52 Å². The summed E-state index contributed by atoms with van der Waals surface area (Å²) in [6.07, 6.45) is -0.666. The fourth-order valence-electron chi connectivity index (χ4n) is 2.55. The van der Waals surface area contributed by atoms with E-state index >= 15 is 0 Å². The van der Waals surface area contributed by atoms with Gasteiger partial charge in [-0.2, -0.15) is 0 Å². The minimum atomic E-state index is -0.666. The molecule has 0 radical (unpaired) electrons. The quantitative estimate of drug-likeness (QED) is 0.538. The zero-order valence-corrected chi connectivity index (χ0v) is 12.5. The van der Waals surface area contributed by atoms with E-state index in [9.17, 15) is 5.11 Å². The number of halogens is 1. The lowest BCUT2D eigenvalue weighted by Gasteiger charge is -2.08. The molecular formula is C17H11ClO2S. The number of aliphatic hydroxyl groups excluding tert-OH is 1. The van der Waals surface area contributed by atoms with E-state index in [1.807, 2.05) is 48.5 Å². The lowest BCUT2D eigenvalue weighted by molar-refractivity contribution is 0.224. The number of rotatable bonds is 2. The van der Waals surface area contributed by atoms with Crippen molar-refractivity contribution in [1.82, 2.24) is 0 Å². The van der Waals surface area contributed by atoms with Gasteiger partial charge in [-0.15, -0.1) is 11.3 Å². The van der Waals surface area contributed by atoms with Crippen molar-refractivity contribution < 1.29 is 9.52 Å². The number of hydrogen-bond acceptors (Lipinski definition) is 3. The van der Waals surface area contributed by atoms with Crippen molar-refractivity contribution in [3.8, 4) is 0 Å². The van der Waals surface area contributed by atoms with Crippen LogP contribution in [0.1, 0.15) is 16.5 Å². The molecule has 2 heterocycles. The first kappa shape index (κ1) is 12.9. The highest BCUT2D eigenvalue weighted by molar-refractivity contribution is 7.16. The van der Waals surface area contributed by atoms with E-state index in [1.54, 1.807) is 6.07 Å². The number of hydrogen-bond donors (Lipinski definition) is 1. The third-order valence-corrected chi connectivity index (χ3v) is 4.86. The minimum Gasteiger partial charge on any atom is -0.456 e. The molecule has 0 bridgehead atoms. The van der Waals surface area contributed by atoms with Gasteiger partial charge in [0.1, 0.15) is 17.3 Å². The van der Waals surface area contributed by atoms with E-state index in [2.05, 4.69) is 0 Å². The van der Waals surface area contributed by atoms with Crippen LogP contribution in [0.25, 0.3) is 21.9 Å². The molecular weight excluding hydrogens is 304 g/mol. The molecule has 1 N–H and O–H groups in total. The number of thiophene rings is 1. The molecule has 0 aliphatic heterocycles. The Morgan fingerprint density at radius 3 is 2.57 bits per heavy atom. The Balaban J connectivity index is 1.88. The largest absolute Gasteiger partial charge is 0.456 e. The Hall–Kier alpha value is -1.81. The van der Waals surface area contributed by atoms with E-state index in [-0.39, 0.29) is 0 Å². The molecule has 1 unspecified atom stereocenters. The van der Waals surface area contributed by atoms with Crippen LogP contribution in [-0.2, 0) is 0 Å². The molecule has 0 aliphatic rings. The van der Waals surface area contributed by atoms with Crippen LogP contribution in [-0.4, -0.2) is 5.11 Å². The van der Waals surface area contributed by atoms with Crippen LogP contribution in [0.2, 0.25) is 4.34 Å². The predicted octanol–water partition coefficient (Wildman–Crippen LogP) is 5.38. The average molecular weight is 315 g/mol. The molecule has 0 saturated carbocycles. The van der Waals surface area contributed by atoms with Crippen molar-refractivity contribution >= 4 is 44.9 Å². The molecule has 2 aromatic heterocycles. The second-order valence-electron chi connectivity index (χ2n) is 4.90. The van der Waals surface area contributed by atoms with Crippen LogP contribution in [0.4, 0.5) is 0 Å². The van der Waals surface area contributed by atoms with Crippen LogP contribution < -0.4 is 0 Å². The fourth-order valence-corrected chi connectivity index (χ4v) is 3.63. The highest BCUT2D eigenvalue weighted by atomic mass is 35.5. The average Bonchev–Trinajstić information content (AvgIpc) is 3.09. The predicted molar refractivity (Wildman–Crippen MR) is 87.1 cm³/mol. The molecule has 2 aromatic carbocycles. The molecule has 21 heavy (non-hydrogen) atoms. The van der Waals surface area contributed by atoms with Gasteiger partial charge in [-0.05, 0) is 35.9 Å². The standard InChI is InChI=1S/C17H11ClO2S/c18-16-8-7-15(21-16)17(19)10-5-6-14-12(9-10)11-3-1-2-4-13(11)20-14/h1-9,17,19H. The van der Waals surface area contributed by atoms with Crippen LogP contribution in [0.5, 0.6) is 0 Å². The summed E-state index contributed by atoms with van der Waals surface area (Å²) in [7, 11) is 0. The van der Waals surface area contributed by atoms with Crippen molar-refractivity contribution in [3.05, 3.63) is 69.4 Å². The number of aliphatic hydroxyl groups is 1. The van der Waals surface area contributed by atoms with Gasteiger partial charge in [-0.1, -0.05) is 35.9 Å². The van der Waals surface area contributed by atoms with Crippen LogP contribution in [0.15, 0.2) is 59.0 Å². The molecule has 0 spiro atoms. The number of fused-ring (bicyclic) bond motifs is 3. The van der Waals surface area contributed by atoms with Gasteiger partial charge in [0.15, 0.2) is 0 Å². The Morgan fingerprint density at radius 2 is 1.76 bits per heavy atom. The molecule has 4 heteroatoms. The SMILES string of the molecule is OC(c1ccc2oc3ccccc3c2c1)c1ccc(Cl)s1. The fraction of sp³-hybridized carbons (Fsp3) is 0.0588. The highest BCUT2D eigenvalue weighted by Gasteiger charge is 2.15. The van der Waals surface area contributed by atoms with Crippen molar-refractivity contribution in [2.24, 2.45) is 0 Å². The summed E-state index contributed by atoms with van der Waals surface area (Å²) >= 11 is 7.33. The van der Waals surface area contributed by atoms with Crippen LogP contribution in [0.3, 0.4) is 0 Å². The van der Waals surface area contributed by atoms with Gasteiger partial charge in [-0.25, -0.2) is 0 Å². The van der Waals surface area contributed by atoms with Gasteiger partial charge >= 0.3 is 0 Å². The second kappa shape index (κ2) is 4.88. The first-order valence-corrected chi connectivity index (χ1v) is 7.76. The van der Waals surface area contributed by atoms with Gasteiger partial charge in [-0.3, -0.25) is 0 Å². The van der Waals surface area contributed by atoms with Gasteiger partial charge in [0, 0.05) is 15.6 Å². The maximum Gasteiger partial charge on any atom is 0.135 e. The Labute approximate surface area is 130 Å². The first-order chi connectivity index (χ1) is 10.2. The smallest absolute Gasteiger partial charge is 0.135 e. The third kappa shape index (κ3) is 2.14. The van der Waals surface area contributed by atoms with E-state index in [4.69, 9.17) is 16.0 Å². The van der Waals surface area contributed by atoms with Crippen molar-refractivity contribution in [1.29, 1.82) is 0 Å². The summed E-state index contributed by atoms with van der Waals surface area (Å²) in [5.41, 5.74) is 2.53. The summed E-state index contributed by atoms with van der Waals surface area (Å²) in [5, 5.41) is 12.6. The Bertz CT molecular complexity index is 938. The molecule has 104 valence electrons. The van der Waals surface area contributed by atoms with E-state index < -0.39 is 6.10 Å². The molecule has 0 fully saturated rings. The Morgan fingerprint density at radius 1 is 0.952 bits per heavy atom. The molecule has 4 aromatic rings. The monoisotopic (exact) mass is 314 g/mol. The maximum atomic E-state index is 10.5. The molecule has 2 nitrogen and oxygen atoms in total. The van der Waals surface area contributed by atoms with Crippen molar-refractivity contribution in [2.75, 3.05) is 0 Å². The normalized spacial score (nSPS) is 13.0. The number of para-hydroxylation sites is 1. The van der Waals surface area contributed by atoms with E-state index in [0.29, 0.717) is 4.34 Å². The summed E-state index contributed by atoms with van der Waals surface area (Å²) in [5.74, 6) is 0. The molecule has 0 aliphatic carbocycles. The summed E-state index contributed by atoms with van der Waals surface area (Å²) < 4.78 is 6.48. The number of benzene rings is 2. The lowest BCUT2D eigenvalue weighted by Crippen LogP contribution is -1.96. The van der Waals surface area contributed by atoms with E-state index in [0.717, 1.165) is 32.4 Å². The van der Waals surface area contributed by atoms with Gasteiger partial charge in [0.2, 0.25) is 0 Å². The van der Waals surface area contributed by atoms with Crippen molar-refractivity contribution in [3.63, 3.8) is 0 Å². The number of furan rings is 1. The molecule has 4 rings (SSSR count). The van der Waals surface area contributed by atoms with Crippen LogP contribution >= 0.6 is 22.9 Å².